The molecule has 2 unspecified atom stereocenters. The number of hydrogen-bond donors (Lipinski definition) is 1. The average Bonchev–Trinajstić information content (AvgIpc) is 2.27. The molecule has 0 heterocycles. The predicted molar refractivity (Wildman–Crippen MR) is 80.1 cm³/mol. The van der Waals surface area contributed by atoms with E-state index in [-0.39, 0.29) is 11.5 Å². The molecule has 4 heteroatoms. The van der Waals surface area contributed by atoms with Crippen LogP contribution in [0.15, 0.2) is 29.2 Å². The lowest BCUT2D eigenvalue weighted by atomic mass is 9.87. The lowest BCUT2D eigenvalue weighted by molar-refractivity contribution is 0.562. The van der Waals surface area contributed by atoms with Crippen LogP contribution in [0.5, 0.6) is 0 Å². The lowest BCUT2D eigenvalue weighted by Crippen LogP contribution is -2.27. The zero-order valence-corrected chi connectivity index (χ0v) is 13.3. The Balaban J connectivity index is 3.04. The highest BCUT2D eigenvalue weighted by Crippen LogP contribution is 2.25. The van der Waals surface area contributed by atoms with Crippen LogP contribution in [-0.2, 0) is 15.3 Å². The first kappa shape index (κ1) is 16.2. The Morgan fingerprint density at radius 1 is 1.11 bits per heavy atom. The molecule has 0 saturated carbocycles. The maximum atomic E-state index is 12.4. The number of rotatable bonds is 4. The van der Waals surface area contributed by atoms with E-state index in [0.717, 1.165) is 5.56 Å². The molecule has 0 fully saturated rings. The normalized spacial score (nSPS) is 16.1. The summed E-state index contributed by atoms with van der Waals surface area (Å²) < 4.78 is 24.7. The summed E-state index contributed by atoms with van der Waals surface area (Å²) in [6.45, 7) is 9.87. The second kappa shape index (κ2) is 5.63. The third-order valence-corrected chi connectivity index (χ3v) is 5.46. The average molecular weight is 283 g/mol. The molecule has 2 atom stereocenters. The molecule has 0 amide bonds. The molecule has 0 aliphatic carbocycles. The summed E-state index contributed by atoms with van der Waals surface area (Å²) in [6, 6.07) is 7.08. The van der Waals surface area contributed by atoms with E-state index in [1.54, 1.807) is 19.1 Å². The minimum atomic E-state index is -3.28. The van der Waals surface area contributed by atoms with Gasteiger partial charge in [-0.25, -0.2) is 8.42 Å². The van der Waals surface area contributed by atoms with Gasteiger partial charge in [0.05, 0.1) is 10.1 Å². The third-order valence-electron chi connectivity index (χ3n) is 3.28. The van der Waals surface area contributed by atoms with Gasteiger partial charge in [-0.1, -0.05) is 32.9 Å². The summed E-state index contributed by atoms with van der Waals surface area (Å²) >= 11 is 0. The highest BCUT2D eigenvalue weighted by molar-refractivity contribution is 7.92. The Labute approximate surface area is 117 Å². The molecule has 2 N–H and O–H groups in total. The lowest BCUT2D eigenvalue weighted by Gasteiger charge is -2.20. The van der Waals surface area contributed by atoms with E-state index in [0.29, 0.717) is 11.3 Å². The molecule has 0 saturated heterocycles. The van der Waals surface area contributed by atoms with Gasteiger partial charge < -0.3 is 5.73 Å². The zero-order valence-electron chi connectivity index (χ0n) is 12.5. The van der Waals surface area contributed by atoms with Crippen molar-refractivity contribution in [2.75, 3.05) is 0 Å². The molecular formula is C15H25NO2S. The van der Waals surface area contributed by atoms with Crippen LogP contribution in [0.3, 0.4) is 0 Å². The van der Waals surface area contributed by atoms with Crippen LogP contribution in [0.1, 0.15) is 46.6 Å². The molecule has 108 valence electrons. The van der Waals surface area contributed by atoms with Gasteiger partial charge in [-0.05, 0) is 43.4 Å². The number of benzene rings is 1. The van der Waals surface area contributed by atoms with Crippen molar-refractivity contribution in [1.82, 2.24) is 0 Å². The van der Waals surface area contributed by atoms with E-state index < -0.39 is 15.1 Å². The molecule has 19 heavy (non-hydrogen) atoms. The van der Waals surface area contributed by atoms with Gasteiger partial charge >= 0.3 is 0 Å². The minimum absolute atomic E-state index is 0.0275. The van der Waals surface area contributed by atoms with Crippen LogP contribution in [0.25, 0.3) is 0 Å². The maximum absolute atomic E-state index is 12.4. The first-order chi connectivity index (χ1) is 8.55. The number of hydrogen-bond acceptors (Lipinski definition) is 3. The van der Waals surface area contributed by atoms with Gasteiger partial charge in [0.15, 0.2) is 9.84 Å². The van der Waals surface area contributed by atoms with Crippen molar-refractivity contribution in [2.45, 2.75) is 62.6 Å². The Bertz CT molecular complexity index is 510. The van der Waals surface area contributed by atoms with Crippen LogP contribution < -0.4 is 5.73 Å². The molecule has 3 nitrogen and oxygen atoms in total. The minimum Gasteiger partial charge on any atom is -0.328 e. The fourth-order valence-corrected chi connectivity index (χ4v) is 3.56. The maximum Gasteiger partial charge on any atom is 0.181 e. The van der Waals surface area contributed by atoms with Crippen molar-refractivity contribution in [3.05, 3.63) is 29.8 Å². The van der Waals surface area contributed by atoms with Crippen LogP contribution in [0, 0.1) is 0 Å². The topological polar surface area (TPSA) is 60.2 Å². The fraction of sp³-hybridized carbons (Fsp3) is 0.600. The van der Waals surface area contributed by atoms with Crippen molar-refractivity contribution < 1.29 is 8.42 Å². The molecule has 0 radical (unpaired) electrons. The smallest absolute Gasteiger partial charge is 0.181 e. The summed E-state index contributed by atoms with van der Waals surface area (Å²) in [5, 5.41) is -0.451. The van der Waals surface area contributed by atoms with Gasteiger partial charge in [-0.2, -0.15) is 0 Å². The molecule has 0 bridgehead atoms. The second-order valence-corrected chi connectivity index (χ2v) is 8.71. The third kappa shape index (κ3) is 4.05. The first-order valence-electron chi connectivity index (χ1n) is 6.65. The Morgan fingerprint density at radius 2 is 1.58 bits per heavy atom. The highest BCUT2D eigenvalue weighted by atomic mass is 32.2. The summed E-state index contributed by atoms with van der Waals surface area (Å²) in [4.78, 5) is 0.383. The predicted octanol–water partition coefficient (Wildman–Crippen LogP) is 2.88. The van der Waals surface area contributed by atoms with Crippen molar-refractivity contribution in [2.24, 2.45) is 5.73 Å². The van der Waals surface area contributed by atoms with Crippen LogP contribution in [-0.4, -0.2) is 19.7 Å². The van der Waals surface area contributed by atoms with Gasteiger partial charge in [0.2, 0.25) is 0 Å². The van der Waals surface area contributed by atoms with Gasteiger partial charge in [0.1, 0.15) is 0 Å². The van der Waals surface area contributed by atoms with E-state index in [2.05, 4.69) is 20.8 Å². The van der Waals surface area contributed by atoms with Crippen molar-refractivity contribution in [3.63, 3.8) is 0 Å². The molecule has 0 spiro atoms. The fourth-order valence-electron chi connectivity index (χ4n) is 2.03. The molecule has 1 aromatic rings. The number of nitrogens with two attached hydrogens (primary N) is 1. The first-order valence-corrected chi connectivity index (χ1v) is 8.20. The van der Waals surface area contributed by atoms with Crippen molar-refractivity contribution >= 4 is 9.84 Å². The van der Waals surface area contributed by atoms with Crippen LogP contribution in [0.2, 0.25) is 0 Å². The highest BCUT2D eigenvalue weighted by Gasteiger charge is 2.24. The van der Waals surface area contributed by atoms with Crippen molar-refractivity contribution in [3.8, 4) is 0 Å². The zero-order chi connectivity index (χ0) is 14.8. The van der Waals surface area contributed by atoms with E-state index in [9.17, 15) is 8.42 Å². The largest absolute Gasteiger partial charge is 0.328 e. The molecule has 1 rings (SSSR count). The molecule has 0 aromatic heterocycles. The van der Waals surface area contributed by atoms with Crippen LogP contribution >= 0.6 is 0 Å². The molecule has 0 aliphatic heterocycles. The quantitative estimate of drug-likeness (QED) is 0.924. The Morgan fingerprint density at radius 3 is 1.95 bits per heavy atom. The molecular weight excluding hydrogens is 258 g/mol. The van der Waals surface area contributed by atoms with Gasteiger partial charge in [0, 0.05) is 6.04 Å². The standard InChI is InChI=1S/C15H25NO2S/c1-11(16)10-12(2)19(17,18)14-8-6-13(7-9-14)15(3,4)5/h6-9,11-12H,10,16H2,1-5H3. The van der Waals surface area contributed by atoms with E-state index in [4.69, 9.17) is 5.73 Å². The van der Waals surface area contributed by atoms with Gasteiger partial charge in [-0.3, -0.25) is 0 Å². The molecule has 1 aromatic carbocycles. The SMILES string of the molecule is CC(N)CC(C)S(=O)(=O)c1ccc(C(C)(C)C)cc1. The van der Waals surface area contributed by atoms with E-state index >= 15 is 0 Å². The Kier molecular flexibility index (Phi) is 4.80. The summed E-state index contributed by atoms with van der Waals surface area (Å²) in [7, 11) is -3.28. The Hall–Kier alpha value is -0.870. The van der Waals surface area contributed by atoms with Crippen LogP contribution in [0.4, 0.5) is 0 Å². The summed E-state index contributed by atoms with van der Waals surface area (Å²) in [6.07, 6.45) is 0.476. The van der Waals surface area contributed by atoms with Gasteiger partial charge in [-0.15, -0.1) is 0 Å². The summed E-state index contributed by atoms with van der Waals surface area (Å²) in [5.41, 5.74) is 6.84. The van der Waals surface area contributed by atoms with Gasteiger partial charge in [0.25, 0.3) is 0 Å². The van der Waals surface area contributed by atoms with E-state index in [1.807, 2.05) is 19.1 Å². The monoisotopic (exact) mass is 283 g/mol. The van der Waals surface area contributed by atoms with Crippen molar-refractivity contribution in [1.29, 1.82) is 0 Å². The van der Waals surface area contributed by atoms with E-state index in [1.165, 1.54) is 0 Å². The summed E-state index contributed by atoms with van der Waals surface area (Å²) in [5.74, 6) is 0. The second-order valence-electron chi connectivity index (χ2n) is 6.34. The number of sulfone groups is 1. The molecule has 0 aliphatic rings.